The number of thiazole rings is 1. The summed E-state index contributed by atoms with van der Waals surface area (Å²) in [6.07, 6.45) is -0.480. The maximum absolute atomic E-state index is 14.5. The Morgan fingerprint density at radius 2 is 1.76 bits per heavy atom. The van der Waals surface area contributed by atoms with Crippen LogP contribution in [-0.4, -0.2) is 80.7 Å². The second-order valence-electron chi connectivity index (χ2n) is 8.29. The molecule has 0 saturated carbocycles. The van der Waals surface area contributed by atoms with Crippen LogP contribution in [0.5, 0.6) is 0 Å². The third kappa shape index (κ3) is 5.77. The number of sulfonamides is 1. The molecule has 10 nitrogen and oxygen atoms in total. The normalized spacial score (nSPS) is 15.3. The van der Waals surface area contributed by atoms with Crippen LogP contribution in [-0.2, 0) is 26.0 Å². The van der Waals surface area contributed by atoms with Crippen molar-refractivity contribution in [1.29, 1.82) is 0 Å². The lowest BCUT2D eigenvalue weighted by molar-refractivity contribution is 0.0933. The van der Waals surface area contributed by atoms with E-state index in [1.165, 1.54) is 51.2 Å². The number of piperazine rings is 1. The molecule has 1 aromatic heterocycles. The minimum atomic E-state index is -3.85. The van der Waals surface area contributed by atoms with Gasteiger partial charge in [0.25, 0.3) is 5.91 Å². The quantitative estimate of drug-likeness (QED) is 0.434. The molecule has 2 amide bonds. The highest BCUT2D eigenvalue weighted by Crippen LogP contribution is 2.23. The Kier molecular flexibility index (Phi) is 8.55. The van der Waals surface area contributed by atoms with Gasteiger partial charge < -0.3 is 18.9 Å². The molecule has 14 heteroatoms. The number of hydrogen-bond acceptors (Lipinski definition) is 7. The molecule has 1 aliphatic rings. The van der Waals surface area contributed by atoms with Crippen LogP contribution in [0.2, 0.25) is 0 Å². The standard InChI is InChI=1S/C24H26F2N4O6S2/c1-3-36-24(32)28-8-10-29(11-9-28)38(33,34)18-6-4-16(5-7-18)22(31)27-23-30(12-13-35-2)21-19(26)14-17(25)15-20(21)37-23/h4-7,14-15H,3,8-13H2,1-2H3. The zero-order chi connectivity index (χ0) is 27.4. The van der Waals surface area contributed by atoms with Crippen molar-refractivity contribution in [2.45, 2.75) is 18.4 Å². The number of methoxy groups -OCH3 is 1. The fourth-order valence-corrected chi connectivity index (χ4v) is 6.52. The molecule has 0 bridgehead atoms. The summed E-state index contributed by atoms with van der Waals surface area (Å²) in [5.41, 5.74) is 0.239. The molecule has 0 aliphatic carbocycles. The van der Waals surface area contributed by atoms with Crippen molar-refractivity contribution in [2.24, 2.45) is 4.99 Å². The Morgan fingerprint density at radius 3 is 2.39 bits per heavy atom. The van der Waals surface area contributed by atoms with Gasteiger partial charge in [-0.3, -0.25) is 4.79 Å². The predicted octanol–water partition coefficient (Wildman–Crippen LogP) is 2.83. The SMILES string of the molecule is CCOC(=O)N1CCN(S(=O)(=O)c2ccc(C(=O)N=c3sc4cc(F)cc(F)c4n3CCOC)cc2)CC1. The number of halogens is 2. The van der Waals surface area contributed by atoms with Crippen LogP contribution in [0, 0.1) is 11.6 Å². The van der Waals surface area contributed by atoms with E-state index < -0.39 is 33.7 Å². The van der Waals surface area contributed by atoms with Crippen molar-refractivity contribution in [3.63, 3.8) is 0 Å². The van der Waals surface area contributed by atoms with Gasteiger partial charge in [0.1, 0.15) is 5.82 Å². The summed E-state index contributed by atoms with van der Waals surface area (Å²) in [4.78, 5) is 30.5. The smallest absolute Gasteiger partial charge is 0.409 e. The van der Waals surface area contributed by atoms with Crippen LogP contribution >= 0.6 is 11.3 Å². The summed E-state index contributed by atoms with van der Waals surface area (Å²) in [6, 6.07) is 7.26. The van der Waals surface area contributed by atoms with E-state index in [4.69, 9.17) is 9.47 Å². The maximum atomic E-state index is 14.5. The molecule has 0 atom stereocenters. The zero-order valence-electron chi connectivity index (χ0n) is 20.7. The van der Waals surface area contributed by atoms with Crippen molar-refractivity contribution in [3.05, 3.63) is 58.4 Å². The van der Waals surface area contributed by atoms with Gasteiger partial charge in [0.05, 0.1) is 28.3 Å². The van der Waals surface area contributed by atoms with Gasteiger partial charge in [0.15, 0.2) is 10.6 Å². The van der Waals surface area contributed by atoms with E-state index in [0.29, 0.717) is 0 Å². The fraction of sp³-hybridized carbons (Fsp3) is 0.375. The van der Waals surface area contributed by atoms with Crippen LogP contribution in [0.1, 0.15) is 17.3 Å². The van der Waals surface area contributed by atoms with Gasteiger partial charge in [-0.1, -0.05) is 11.3 Å². The first-order valence-electron chi connectivity index (χ1n) is 11.7. The van der Waals surface area contributed by atoms with Crippen molar-refractivity contribution < 1.29 is 36.3 Å². The van der Waals surface area contributed by atoms with E-state index >= 15 is 0 Å². The Bertz CT molecular complexity index is 1510. The summed E-state index contributed by atoms with van der Waals surface area (Å²) in [6.45, 7) is 2.97. The molecule has 1 aliphatic heterocycles. The Labute approximate surface area is 221 Å². The molecule has 38 heavy (non-hydrogen) atoms. The van der Waals surface area contributed by atoms with Crippen LogP contribution < -0.4 is 4.80 Å². The number of amides is 2. The summed E-state index contributed by atoms with van der Waals surface area (Å²) in [7, 11) is -2.37. The van der Waals surface area contributed by atoms with E-state index in [-0.39, 0.29) is 71.4 Å². The third-order valence-electron chi connectivity index (χ3n) is 5.92. The third-order valence-corrected chi connectivity index (χ3v) is 8.85. The zero-order valence-corrected chi connectivity index (χ0v) is 22.4. The first kappa shape index (κ1) is 27.8. The number of carbonyl (C=O) groups excluding carboxylic acids is 2. The first-order valence-corrected chi connectivity index (χ1v) is 14.0. The Balaban J connectivity index is 1.55. The van der Waals surface area contributed by atoms with Gasteiger partial charge in [0.2, 0.25) is 10.0 Å². The number of rotatable bonds is 7. The molecular formula is C24H26F2N4O6S2. The average molecular weight is 569 g/mol. The van der Waals surface area contributed by atoms with E-state index in [1.54, 1.807) is 6.92 Å². The van der Waals surface area contributed by atoms with Crippen molar-refractivity contribution in [1.82, 2.24) is 13.8 Å². The van der Waals surface area contributed by atoms with Crippen LogP contribution in [0.25, 0.3) is 10.2 Å². The summed E-state index contributed by atoms with van der Waals surface area (Å²) in [5, 5.41) is 0. The number of aromatic nitrogens is 1. The molecule has 1 fully saturated rings. The highest BCUT2D eigenvalue weighted by Gasteiger charge is 2.30. The Morgan fingerprint density at radius 1 is 1.08 bits per heavy atom. The van der Waals surface area contributed by atoms with Gasteiger partial charge in [0, 0.05) is 51.5 Å². The molecule has 0 radical (unpaired) electrons. The lowest BCUT2D eigenvalue weighted by atomic mass is 10.2. The molecule has 0 spiro atoms. The number of benzene rings is 2. The average Bonchev–Trinajstić information content (AvgIpc) is 3.24. The van der Waals surface area contributed by atoms with E-state index in [2.05, 4.69) is 4.99 Å². The lowest BCUT2D eigenvalue weighted by Gasteiger charge is -2.33. The summed E-state index contributed by atoms with van der Waals surface area (Å²) >= 11 is 0.957. The second kappa shape index (κ2) is 11.7. The molecular weight excluding hydrogens is 542 g/mol. The molecule has 2 aromatic carbocycles. The minimum absolute atomic E-state index is 0.00629. The monoisotopic (exact) mass is 568 g/mol. The molecule has 2 heterocycles. The van der Waals surface area contributed by atoms with Gasteiger partial charge >= 0.3 is 6.09 Å². The van der Waals surface area contributed by atoms with E-state index in [0.717, 1.165) is 17.4 Å². The molecule has 0 N–H and O–H groups in total. The number of hydrogen-bond donors (Lipinski definition) is 0. The molecule has 0 unspecified atom stereocenters. The van der Waals surface area contributed by atoms with Gasteiger partial charge in [-0.05, 0) is 37.3 Å². The minimum Gasteiger partial charge on any atom is -0.450 e. The molecule has 4 rings (SSSR count). The van der Waals surface area contributed by atoms with Crippen molar-refractivity contribution >= 4 is 43.6 Å². The summed E-state index contributed by atoms with van der Waals surface area (Å²) in [5.74, 6) is -2.19. The van der Waals surface area contributed by atoms with Gasteiger partial charge in [-0.2, -0.15) is 9.30 Å². The molecule has 3 aromatic rings. The van der Waals surface area contributed by atoms with E-state index in [1.807, 2.05) is 0 Å². The van der Waals surface area contributed by atoms with Crippen molar-refractivity contribution in [3.8, 4) is 0 Å². The Hall–Kier alpha value is -3.20. The summed E-state index contributed by atoms with van der Waals surface area (Å²) < 4.78 is 67.4. The predicted molar refractivity (Wildman–Crippen MR) is 135 cm³/mol. The maximum Gasteiger partial charge on any atom is 0.409 e. The topological polar surface area (TPSA) is 111 Å². The number of carbonyl (C=O) groups is 2. The highest BCUT2D eigenvalue weighted by atomic mass is 32.2. The van der Waals surface area contributed by atoms with Gasteiger partial charge in [-0.15, -0.1) is 0 Å². The molecule has 1 saturated heterocycles. The highest BCUT2D eigenvalue weighted by molar-refractivity contribution is 7.89. The van der Waals surface area contributed by atoms with Crippen LogP contribution in [0.4, 0.5) is 13.6 Å². The number of fused-ring (bicyclic) bond motifs is 1. The second-order valence-corrected chi connectivity index (χ2v) is 11.2. The first-order chi connectivity index (χ1) is 18.1. The number of nitrogens with zero attached hydrogens (tertiary/aromatic N) is 4. The molecule has 204 valence electrons. The van der Waals surface area contributed by atoms with Crippen LogP contribution in [0.15, 0.2) is 46.3 Å². The van der Waals surface area contributed by atoms with Gasteiger partial charge in [-0.25, -0.2) is 22.0 Å². The lowest BCUT2D eigenvalue weighted by Crippen LogP contribution is -2.50. The largest absolute Gasteiger partial charge is 0.450 e. The fourth-order valence-electron chi connectivity index (χ4n) is 4.00. The number of ether oxygens (including phenoxy) is 2. The van der Waals surface area contributed by atoms with Crippen molar-refractivity contribution in [2.75, 3.05) is 46.5 Å². The van der Waals surface area contributed by atoms with E-state index in [9.17, 15) is 26.8 Å². The van der Waals surface area contributed by atoms with Crippen LogP contribution in [0.3, 0.4) is 0 Å².